The van der Waals surface area contributed by atoms with Crippen molar-refractivity contribution >= 4 is 53.7 Å². The summed E-state index contributed by atoms with van der Waals surface area (Å²) in [4.78, 5) is 11.4. The normalized spacial score (nSPS) is 12.7. The monoisotopic (exact) mass is 535 g/mol. The zero-order chi connectivity index (χ0) is 26.1. The van der Waals surface area contributed by atoms with Crippen LogP contribution in [0.4, 0.5) is 28.8 Å². The number of fused-ring (bicyclic) bond motifs is 3. The lowest BCUT2D eigenvalue weighted by atomic mass is 10.0. The Bertz CT molecular complexity index is 1440. The number of benzene rings is 2. The van der Waals surface area contributed by atoms with E-state index in [-0.39, 0.29) is 7.92 Å². The molecule has 0 unspecified atom stereocenters. The summed E-state index contributed by atoms with van der Waals surface area (Å²) in [7, 11) is 3.80. The van der Waals surface area contributed by atoms with Gasteiger partial charge in [0.2, 0.25) is 5.95 Å². The Morgan fingerprint density at radius 3 is 2.65 bits per heavy atom. The van der Waals surface area contributed by atoms with Gasteiger partial charge in [0, 0.05) is 61.3 Å². The molecule has 3 heterocycles. The van der Waals surface area contributed by atoms with Crippen molar-refractivity contribution in [1.29, 1.82) is 0 Å². The minimum absolute atomic E-state index is 0.301. The fourth-order valence-corrected chi connectivity index (χ4v) is 5.72. The van der Waals surface area contributed by atoms with E-state index >= 15 is 0 Å². The van der Waals surface area contributed by atoms with Crippen molar-refractivity contribution in [1.82, 2.24) is 19.7 Å². The topological polar surface area (TPSA) is 80.1 Å². The van der Waals surface area contributed by atoms with Gasteiger partial charge in [-0.15, -0.1) is 0 Å². The van der Waals surface area contributed by atoms with Gasteiger partial charge < -0.3 is 20.3 Å². The van der Waals surface area contributed by atoms with Gasteiger partial charge in [-0.1, -0.05) is 37.7 Å². The number of halogens is 1. The first-order chi connectivity index (χ1) is 17.9. The molecule has 0 bridgehead atoms. The molecule has 0 amide bonds. The highest BCUT2D eigenvalue weighted by Crippen LogP contribution is 2.43. The molecule has 0 radical (unpaired) electrons. The Morgan fingerprint density at radius 2 is 1.86 bits per heavy atom. The molecule has 10 heteroatoms. The van der Waals surface area contributed by atoms with E-state index < -0.39 is 0 Å². The maximum absolute atomic E-state index is 6.50. The molecule has 1 aliphatic rings. The van der Waals surface area contributed by atoms with Crippen molar-refractivity contribution in [2.75, 3.05) is 49.1 Å². The Hall–Kier alpha value is -3.35. The molecule has 1 aliphatic heterocycles. The zero-order valence-electron chi connectivity index (χ0n) is 21.7. The molecule has 0 fully saturated rings. The molecule has 4 aromatic rings. The van der Waals surface area contributed by atoms with Gasteiger partial charge in [-0.25, -0.2) is 4.98 Å². The van der Waals surface area contributed by atoms with Gasteiger partial charge in [0.05, 0.1) is 24.7 Å². The Labute approximate surface area is 223 Å². The third-order valence-corrected chi connectivity index (χ3v) is 8.10. The highest BCUT2D eigenvalue weighted by molar-refractivity contribution is 7.64. The van der Waals surface area contributed by atoms with Crippen LogP contribution in [0.3, 0.4) is 0 Å². The maximum Gasteiger partial charge on any atom is 0.229 e. The van der Waals surface area contributed by atoms with Crippen LogP contribution in [-0.4, -0.2) is 53.3 Å². The molecular formula is C27H31ClN7OP. The summed E-state index contributed by atoms with van der Waals surface area (Å²) >= 11 is 6.50. The minimum atomic E-state index is -0.301. The lowest BCUT2D eigenvalue weighted by Crippen LogP contribution is -2.20. The van der Waals surface area contributed by atoms with Crippen molar-refractivity contribution in [3.05, 3.63) is 59.5 Å². The second-order valence-corrected chi connectivity index (χ2v) is 11.8. The molecule has 0 saturated carbocycles. The van der Waals surface area contributed by atoms with Crippen LogP contribution < -0.4 is 25.6 Å². The van der Waals surface area contributed by atoms with Gasteiger partial charge >= 0.3 is 0 Å². The average molecular weight is 536 g/mol. The van der Waals surface area contributed by atoms with Crippen LogP contribution in [0.1, 0.15) is 12.6 Å². The molecule has 0 atom stereocenters. The van der Waals surface area contributed by atoms with Crippen molar-refractivity contribution in [2.45, 2.75) is 13.3 Å². The van der Waals surface area contributed by atoms with Gasteiger partial charge in [0.15, 0.2) is 5.82 Å². The maximum atomic E-state index is 6.50. The number of likely N-dealkylation sites (N-methyl/N-ethyl adjacent to an activating group) is 1. The third kappa shape index (κ3) is 5.09. The van der Waals surface area contributed by atoms with E-state index in [2.05, 4.69) is 70.3 Å². The summed E-state index contributed by atoms with van der Waals surface area (Å²) in [6.07, 6.45) is 4.46. The van der Waals surface area contributed by atoms with E-state index in [9.17, 15) is 0 Å². The Morgan fingerprint density at radius 1 is 1.05 bits per heavy atom. The number of hydrogen-bond donors (Lipinski definition) is 2. The van der Waals surface area contributed by atoms with Gasteiger partial charge in [0.25, 0.3) is 0 Å². The fourth-order valence-electron chi connectivity index (χ4n) is 4.58. The summed E-state index contributed by atoms with van der Waals surface area (Å²) in [5.74, 6) is 1.71. The van der Waals surface area contributed by atoms with Crippen molar-refractivity contribution in [2.24, 2.45) is 7.05 Å². The second-order valence-electron chi connectivity index (χ2n) is 9.15. The highest BCUT2D eigenvalue weighted by Gasteiger charge is 2.23. The first kappa shape index (κ1) is 25.3. The predicted molar refractivity (Wildman–Crippen MR) is 155 cm³/mol. The summed E-state index contributed by atoms with van der Waals surface area (Å²) in [6, 6.07) is 12.4. The number of aryl methyl sites for hydroxylation is 1. The molecule has 0 saturated heterocycles. The van der Waals surface area contributed by atoms with Crippen molar-refractivity contribution in [3.63, 3.8) is 0 Å². The largest absolute Gasteiger partial charge is 0.492 e. The third-order valence-electron chi connectivity index (χ3n) is 6.47. The van der Waals surface area contributed by atoms with Gasteiger partial charge in [-0.2, -0.15) is 10.1 Å². The summed E-state index contributed by atoms with van der Waals surface area (Å²) in [5, 5.41) is 13.0. The Kier molecular flexibility index (Phi) is 7.22. The number of aromatic nitrogens is 4. The predicted octanol–water partition coefficient (Wildman–Crippen LogP) is 5.78. The van der Waals surface area contributed by atoms with E-state index in [1.807, 2.05) is 37.0 Å². The van der Waals surface area contributed by atoms with Crippen LogP contribution in [0, 0.1) is 0 Å². The van der Waals surface area contributed by atoms with Gasteiger partial charge in [0.1, 0.15) is 10.8 Å². The molecule has 0 spiro atoms. The zero-order valence-corrected chi connectivity index (χ0v) is 23.4. The summed E-state index contributed by atoms with van der Waals surface area (Å²) in [5.41, 5.74) is 6.31. The number of para-hydroxylation sites is 1. The standard InChI is InChI=1S/C27H31ClN7OP/c1-6-36-24-14-23-17(18-15-30-35(3)22(18)11-12-34(23)2)13-21(24)32-27-29-16-19(28)26(33-27)31-20-9-7-8-10-25(20)37(4)5/h7-10,13-16H,6,11-12H2,1-5H3,(H2,29,31,32,33). The first-order valence-electron chi connectivity index (χ1n) is 12.2. The van der Waals surface area contributed by atoms with E-state index in [1.54, 1.807) is 6.20 Å². The van der Waals surface area contributed by atoms with Crippen LogP contribution >= 0.6 is 19.5 Å². The lowest BCUT2D eigenvalue weighted by molar-refractivity contribution is 0.342. The number of rotatable bonds is 7. The molecule has 2 aromatic heterocycles. The quantitative estimate of drug-likeness (QED) is 0.290. The number of nitrogens with zero attached hydrogens (tertiary/aromatic N) is 5. The van der Waals surface area contributed by atoms with E-state index in [0.29, 0.717) is 23.4 Å². The van der Waals surface area contributed by atoms with Crippen LogP contribution in [0.15, 0.2) is 48.8 Å². The van der Waals surface area contributed by atoms with E-state index in [0.717, 1.165) is 46.9 Å². The summed E-state index contributed by atoms with van der Waals surface area (Å²) in [6.45, 7) is 7.86. The van der Waals surface area contributed by atoms with Crippen LogP contribution in [0.5, 0.6) is 5.75 Å². The van der Waals surface area contributed by atoms with Gasteiger partial charge in [-0.3, -0.25) is 4.68 Å². The van der Waals surface area contributed by atoms with Crippen LogP contribution in [0.25, 0.3) is 11.1 Å². The molecular weight excluding hydrogens is 505 g/mol. The Balaban J connectivity index is 1.53. The number of nitrogens with one attached hydrogen (secondary N) is 2. The number of ether oxygens (including phenoxy) is 1. The molecule has 2 N–H and O–H groups in total. The van der Waals surface area contributed by atoms with Gasteiger partial charge in [-0.05, 0) is 37.7 Å². The first-order valence-corrected chi connectivity index (χ1v) is 14.8. The van der Waals surface area contributed by atoms with Crippen LogP contribution in [0.2, 0.25) is 5.02 Å². The van der Waals surface area contributed by atoms with E-state index in [1.165, 1.54) is 11.0 Å². The van der Waals surface area contributed by atoms with Crippen molar-refractivity contribution < 1.29 is 4.74 Å². The fraction of sp³-hybridized carbons (Fsp3) is 0.296. The summed E-state index contributed by atoms with van der Waals surface area (Å²) < 4.78 is 8.00. The number of hydrogen-bond acceptors (Lipinski definition) is 7. The van der Waals surface area contributed by atoms with Crippen LogP contribution in [-0.2, 0) is 13.5 Å². The molecule has 192 valence electrons. The molecule has 37 heavy (non-hydrogen) atoms. The van der Waals surface area contributed by atoms with Crippen molar-refractivity contribution in [3.8, 4) is 16.9 Å². The smallest absolute Gasteiger partial charge is 0.229 e. The lowest BCUT2D eigenvalue weighted by Gasteiger charge is -2.22. The molecule has 0 aliphatic carbocycles. The number of anilines is 5. The average Bonchev–Trinajstić information content (AvgIpc) is 3.19. The second kappa shape index (κ2) is 10.6. The SMILES string of the molecule is CCOc1cc2c(cc1Nc1ncc(Cl)c(Nc3ccccc3P(C)C)n1)-c1cnn(C)c1CCN2C. The molecule has 2 aromatic carbocycles. The highest BCUT2D eigenvalue weighted by atomic mass is 35.5. The van der Waals surface area contributed by atoms with E-state index in [4.69, 9.17) is 21.3 Å². The minimum Gasteiger partial charge on any atom is -0.492 e. The molecule has 5 rings (SSSR count). The molecule has 8 nitrogen and oxygen atoms in total.